The van der Waals surface area contributed by atoms with Crippen LogP contribution in [0.5, 0.6) is 5.75 Å². The van der Waals surface area contributed by atoms with Crippen molar-refractivity contribution in [3.63, 3.8) is 0 Å². The van der Waals surface area contributed by atoms with Crippen LogP contribution in [-0.2, 0) is 35.8 Å². The van der Waals surface area contributed by atoms with Crippen LogP contribution in [-0.4, -0.2) is 31.7 Å². The smallest absolute Gasteiger partial charge is 0.125 e. The summed E-state index contributed by atoms with van der Waals surface area (Å²) in [5.41, 5.74) is 4.83. The van der Waals surface area contributed by atoms with E-state index < -0.39 is 0 Å². The molecular formula is C25H35NO3. The van der Waals surface area contributed by atoms with Crippen molar-refractivity contribution in [1.82, 2.24) is 4.90 Å². The molecule has 2 aromatic rings. The Morgan fingerprint density at radius 3 is 2.38 bits per heavy atom. The first-order chi connectivity index (χ1) is 14.3. The molecule has 0 bridgehead atoms. The van der Waals surface area contributed by atoms with Crippen molar-refractivity contribution >= 4 is 0 Å². The normalized spacial score (nSPS) is 14.8. The lowest BCUT2D eigenvalue weighted by Gasteiger charge is -2.28. The van der Waals surface area contributed by atoms with Crippen LogP contribution >= 0.6 is 0 Å². The number of nitrogens with zero attached hydrogens (tertiary/aromatic N) is 1. The Balaban J connectivity index is 1.81. The lowest BCUT2D eigenvalue weighted by Crippen LogP contribution is -2.29. The molecule has 1 aliphatic rings. The fraction of sp³-hybridized carbons (Fsp3) is 0.520. The van der Waals surface area contributed by atoms with Crippen LogP contribution < -0.4 is 4.74 Å². The van der Waals surface area contributed by atoms with Gasteiger partial charge in [-0.3, -0.25) is 4.90 Å². The summed E-state index contributed by atoms with van der Waals surface area (Å²) in [6.07, 6.45) is 4.97. The second-order valence-corrected chi connectivity index (χ2v) is 7.83. The summed E-state index contributed by atoms with van der Waals surface area (Å²) < 4.78 is 17.6. The molecule has 4 heteroatoms. The lowest BCUT2D eigenvalue weighted by molar-refractivity contribution is 0.119. The molecule has 0 unspecified atom stereocenters. The first kappa shape index (κ1) is 21.8. The number of methoxy groups -OCH3 is 1. The molecule has 0 radical (unpaired) electrons. The number of benzene rings is 2. The van der Waals surface area contributed by atoms with Gasteiger partial charge in [0, 0.05) is 25.8 Å². The Bertz CT molecular complexity index is 726. The van der Waals surface area contributed by atoms with Gasteiger partial charge in [0.1, 0.15) is 12.4 Å². The fourth-order valence-electron chi connectivity index (χ4n) is 3.82. The molecule has 29 heavy (non-hydrogen) atoms. The Morgan fingerprint density at radius 2 is 1.66 bits per heavy atom. The molecule has 0 saturated carbocycles. The van der Waals surface area contributed by atoms with E-state index in [9.17, 15) is 0 Å². The third-order valence-electron chi connectivity index (χ3n) is 5.37. The third-order valence-corrected chi connectivity index (χ3v) is 5.37. The van der Waals surface area contributed by atoms with Gasteiger partial charge in [-0.15, -0.1) is 0 Å². The number of rotatable bonds is 11. The van der Waals surface area contributed by atoms with Crippen molar-refractivity contribution < 1.29 is 14.2 Å². The van der Waals surface area contributed by atoms with E-state index in [1.165, 1.54) is 43.5 Å². The molecule has 1 fully saturated rings. The molecule has 158 valence electrons. The van der Waals surface area contributed by atoms with Crippen LogP contribution in [0.2, 0.25) is 0 Å². The van der Waals surface area contributed by atoms with Gasteiger partial charge >= 0.3 is 0 Å². The van der Waals surface area contributed by atoms with Crippen LogP contribution in [0.3, 0.4) is 0 Å². The Kier molecular flexibility index (Phi) is 9.00. The van der Waals surface area contributed by atoms with E-state index in [1.54, 1.807) is 7.11 Å². The number of hydrogen-bond donors (Lipinski definition) is 0. The van der Waals surface area contributed by atoms with E-state index in [-0.39, 0.29) is 0 Å². The molecule has 0 spiro atoms. The minimum atomic E-state index is 0.549. The summed E-state index contributed by atoms with van der Waals surface area (Å²) >= 11 is 0. The highest BCUT2D eigenvalue weighted by atomic mass is 16.5. The van der Waals surface area contributed by atoms with E-state index in [0.29, 0.717) is 19.8 Å². The summed E-state index contributed by atoms with van der Waals surface area (Å²) in [7, 11) is 1.74. The van der Waals surface area contributed by atoms with E-state index in [2.05, 4.69) is 36.1 Å². The topological polar surface area (TPSA) is 30.9 Å². The van der Waals surface area contributed by atoms with E-state index >= 15 is 0 Å². The Labute approximate surface area is 175 Å². The van der Waals surface area contributed by atoms with Gasteiger partial charge in [0.05, 0.1) is 13.2 Å². The van der Waals surface area contributed by atoms with Crippen LogP contribution in [0, 0.1) is 0 Å². The molecule has 4 nitrogen and oxygen atoms in total. The highest BCUT2D eigenvalue weighted by molar-refractivity contribution is 5.43. The standard InChI is InChI=1S/C25H35NO3/c1-3-14-28-20-23-16-25(29-18-21-10-6-4-7-11-21)24(19-27-2)15-22(23)17-26-12-8-5-9-13-26/h4,6-7,10-11,15-16H,3,5,8-9,12-14,17-20H2,1-2H3. The summed E-state index contributed by atoms with van der Waals surface area (Å²) in [6, 6.07) is 14.7. The first-order valence-electron chi connectivity index (χ1n) is 10.9. The molecule has 0 N–H and O–H groups in total. The average Bonchev–Trinajstić information content (AvgIpc) is 2.76. The maximum Gasteiger partial charge on any atom is 0.125 e. The first-order valence-corrected chi connectivity index (χ1v) is 10.9. The molecular weight excluding hydrogens is 362 g/mol. The van der Waals surface area contributed by atoms with Crippen molar-refractivity contribution in [2.45, 2.75) is 59.0 Å². The lowest BCUT2D eigenvalue weighted by atomic mass is 10.0. The van der Waals surface area contributed by atoms with Gasteiger partial charge in [0.15, 0.2) is 0 Å². The number of ether oxygens (including phenoxy) is 3. The SMILES string of the molecule is CCCOCc1cc(OCc2ccccc2)c(COC)cc1CN1CCCCC1. The molecule has 1 saturated heterocycles. The monoisotopic (exact) mass is 397 g/mol. The number of likely N-dealkylation sites (tertiary alicyclic amines) is 1. The zero-order valence-electron chi connectivity index (χ0n) is 18.0. The summed E-state index contributed by atoms with van der Waals surface area (Å²) in [6.45, 7) is 7.99. The van der Waals surface area contributed by atoms with Crippen molar-refractivity contribution in [2.75, 3.05) is 26.8 Å². The van der Waals surface area contributed by atoms with Crippen molar-refractivity contribution in [3.8, 4) is 5.75 Å². The second kappa shape index (κ2) is 12.0. The highest BCUT2D eigenvalue weighted by Crippen LogP contribution is 2.28. The second-order valence-electron chi connectivity index (χ2n) is 7.83. The molecule has 0 atom stereocenters. The molecule has 1 heterocycles. The van der Waals surface area contributed by atoms with Crippen LogP contribution in [0.15, 0.2) is 42.5 Å². The molecule has 3 rings (SSSR count). The van der Waals surface area contributed by atoms with Gasteiger partial charge in [-0.25, -0.2) is 0 Å². The number of hydrogen-bond acceptors (Lipinski definition) is 4. The zero-order chi connectivity index (χ0) is 20.3. The summed E-state index contributed by atoms with van der Waals surface area (Å²) in [5.74, 6) is 0.896. The fourth-order valence-corrected chi connectivity index (χ4v) is 3.82. The molecule has 0 aromatic heterocycles. The summed E-state index contributed by atoms with van der Waals surface area (Å²) in [4.78, 5) is 2.56. The maximum atomic E-state index is 6.22. The van der Waals surface area contributed by atoms with E-state index in [1.807, 2.05) is 18.2 Å². The van der Waals surface area contributed by atoms with Gasteiger partial charge in [-0.2, -0.15) is 0 Å². The van der Waals surface area contributed by atoms with Gasteiger partial charge in [-0.05, 0) is 61.2 Å². The minimum Gasteiger partial charge on any atom is -0.489 e. The predicted octanol–water partition coefficient (Wildman–Crippen LogP) is 5.32. The van der Waals surface area contributed by atoms with E-state index in [0.717, 1.165) is 36.4 Å². The predicted molar refractivity (Wildman–Crippen MR) is 117 cm³/mol. The van der Waals surface area contributed by atoms with Crippen LogP contribution in [0.4, 0.5) is 0 Å². The van der Waals surface area contributed by atoms with Gasteiger partial charge in [0.2, 0.25) is 0 Å². The highest BCUT2D eigenvalue weighted by Gasteiger charge is 2.16. The largest absolute Gasteiger partial charge is 0.489 e. The number of piperidine rings is 1. The third kappa shape index (κ3) is 6.84. The Morgan fingerprint density at radius 1 is 0.862 bits per heavy atom. The molecule has 0 aliphatic carbocycles. The van der Waals surface area contributed by atoms with Crippen LogP contribution in [0.1, 0.15) is 54.9 Å². The zero-order valence-corrected chi connectivity index (χ0v) is 18.0. The maximum absolute atomic E-state index is 6.22. The van der Waals surface area contributed by atoms with Crippen molar-refractivity contribution in [1.29, 1.82) is 0 Å². The Hall–Kier alpha value is -1.88. The molecule has 0 amide bonds. The van der Waals surface area contributed by atoms with Crippen molar-refractivity contribution in [3.05, 3.63) is 64.7 Å². The molecule has 1 aliphatic heterocycles. The van der Waals surface area contributed by atoms with E-state index in [4.69, 9.17) is 14.2 Å². The van der Waals surface area contributed by atoms with Gasteiger partial charge in [0.25, 0.3) is 0 Å². The van der Waals surface area contributed by atoms with Crippen molar-refractivity contribution in [2.24, 2.45) is 0 Å². The van der Waals surface area contributed by atoms with Crippen LogP contribution in [0.25, 0.3) is 0 Å². The summed E-state index contributed by atoms with van der Waals surface area (Å²) in [5, 5.41) is 0. The quantitative estimate of drug-likeness (QED) is 0.480. The van der Waals surface area contributed by atoms with Gasteiger partial charge in [-0.1, -0.05) is 43.7 Å². The average molecular weight is 398 g/mol. The molecule has 2 aromatic carbocycles. The van der Waals surface area contributed by atoms with Gasteiger partial charge < -0.3 is 14.2 Å². The minimum absolute atomic E-state index is 0.549.